The second kappa shape index (κ2) is 4.12. The third kappa shape index (κ3) is 1.75. The third-order valence-electron chi connectivity index (χ3n) is 2.94. The summed E-state index contributed by atoms with van der Waals surface area (Å²) >= 11 is 0. The van der Waals surface area contributed by atoms with Crippen LogP contribution < -0.4 is 0 Å². The van der Waals surface area contributed by atoms with Crippen molar-refractivity contribution in [1.82, 2.24) is 0 Å². The van der Waals surface area contributed by atoms with Crippen LogP contribution in [0.25, 0.3) is 0 Å². The van der Waals surface area contributed by atoms with Crippen molar-refractivity contribution in [3.8, 4) is 0 Å². The van der Waals surface area contributed by atoms with Crippen LogP contribution in [0.4, 0.5) is 0 Å². The quantitative estimate of drug-likeness (QED) is 0.716. The first-order valence-electron chi connectivity index (χ1n) is 5.34. The maximum atomic E-state index is 11.7. The lowest BCUT2D eigenvalue weighted by atomic mass is 9.94. The monoisotopic (exact) mass is 222 g/mol. The number of aryl methyl sites for hydroxylation is 1. The molecule has 0 unspecified atom stereocenters. The Labute approximate surface area is 93.6 Å². The molecule has 0 saturated carbocycles. The van der Waals surface area contributed by atoms with Gasteiger partial charge in [-0.25, -0.2) is 0 Å². The minimum atomic E-state index is -0.346. The predicted octanol–water partition coefficient (Wildman–Crippen LogP) is 1.82. The summed E-state index contributed by atoms with van der Waals surface area (Å²) in [5.41, 5.74) is 1.48. The molecule has 0 amide bonds. The topological polar surface area (TPSA) is 56.5 Å². The molecule has 0 aromatic carbocycles. The Morgan fingerprint density at radius 2 is 2.19 bits per heavy atom. The van der Waals surface area contributed by atoms with Crippen molar-refractivity contribution >= 4 is 11.8 Å². The molecule has 0 atom stereocenters. The highest BCUT2D eigenvalue weighted by Crippen LogP contribution is 2.29. The van der Waals surface area contributed by atoms with E-state index in [1.807, 2.05) is 6.92 Å². The number of hydrogen-bond donors (Lipinski definition) is 0. The lowest BCUT2D eigenvalue weighted by Gasteiger charge is -2.07. The minimum absolute atomic E-state index is 0.0998. The Balaban J connectivity index is 2.35. The second-order valence-electron chi connectivity index (χ2n) is 3.98. The molecule has 0 aliphatic heterocycles. The van der Waals surface area contributed by atoms with Crippen LogP contribution >= 0.6 is 0 Å². The number of methoxy groups -OCH3 is 1. The van der Waals surface area contributed by atoms with E-state index >= 15 is 0 Å². The van der Waals surface area contributed by atoms with Gasteiger partial charge in [0.15, 0.2) is 5.78 Å². The molecule has 1 aromatic rings. The highest BCUT2D eigenvalue weighted by Gasteiger charge is 2.26. The van der Waals surface area contributed by atoms with Gasteiger partial charge in [-0.2, -0.15) is 0 Å². The van der Waals surface area contributed by atoms with Crippen LogP contribution in [0.1, 0.15) is 40.3 Å². The SMILES string of the molecule is COC(=O)Cc1oc2c(c1C)C(=O)CCC2. The molecule has 16 heavy (non-hydrogen) atoms. The molecule has 1 aliphatic rings. The van der Waals surface area contributed by atoms with Gasteiger partial charge >= 0.3 is 5.97 Å². The number of esters is 1. The van der Waals surface area contributed by atoms with Crippen LogP contribution in [-0.4, -0.2) is 18.9 Å². The van der Waals surface area contributed by atoms with Crippen molar-refractivity contribution in [3.63, 3.8) is 0 Å². The number of carbonyl (C=O) groups excluding carboxylic acids is 2. The minimum Gasteiger partial charge on any atom is -0.469 e. The summed E-state index contributed by atoms with van der Waals surface area (Å²) < 4.78 is 10.1. The molecule has 2 rings (SSSR count). The average molecular weight is 222 g/mol. The number of ether oxygens (including phenoxy) is 1. The van der Waals surface area contributed by atoms with E-state index in [1.165, 1.54) is 7.11 Å². The molecular weight excluding hydrogens is 208 g/mol. The number of hydrogen-bond acceptors (Lipinski definition) is 4. The lowest BCUT2D eigenvalue weighted by Crippen LogP contribution is -2.09. The summed E-state index contributed by atoms with van der Waals surface area (Å²) in [4.78, 5) is 22.9. The predicted molar refractivity (Wildman–Crippen MR) is 56.4 cm³/mol. The number of rotatable bonds is 2. The number of fused-ring (bicyclic) bond motifs is 1. The van der Waals surface area contributed by atoms with E-state index in [4.69, 9.17) is 4.42 Å². The number of Topliss-reactive ketones (excluding diaryl/α,β-unsaturated/α-hetero) is 1. The summed E-state index contributed by atoms with van der Waals surface area (Å²) in [5, 5.41) is 0. The van der Waals surface area contributed by atoms with Gasteiger partial charge in [0.2, 0.25) is 0 Å². The van der Waals surface area contributed by atoms with E-state index in [9.17, 15) is 9.59 Å². The van der Waals surface area contributed by atoms with E-state index in [1.54, 1.807) is 0 Å². The van der Waals surface area contributed by atoms with Gasteiger partial charge in [0.05, 0.1) is 12.7 Å². The van der Waals surface area contributed by atoms with Gasteiger partial charge in [0.25, 0.3) is 0 Å². The molecule has 0 N–H and O–H groups in total. The summed E-state index contributed by atoms with van der Waals surface area (Å²) in [6, 6.07) is 0. The molecule has 0 saturated heterocycles. The van der Waals surface area contributed by atoms with E-state index in [2.05, 4.69) is 4.74 Å². The van der Waals surface area contributed by atoms with Crippen molar-refractivity contribution in [1.29, 1.82) is 0 Å². The molecular formula is C12H14O4. The molecule has 0 radical (unpaired) electrons. The van der Waals surface area contributed by atoms with Gasteiger partial charge in [-0.3, -0.25) is 9.59 Å². The summed E-state index contributed by atoms with van der Waals surface area (Å²) in [5.74, 6) is 1.07. The molecule has 1 aliphatic carbocycles. The maximum absolute atomic E-state index is 11.7. The molecule has 0 fully saturated rings. The van der Waals surface area contributed by atoms with Gasteiger partial charge in [-0.15, -0.1) is 0 Å². The Hall–Kier alpha value is -1.58. The Morgan fingerprint density at radius 1 is 1.44 bits per heavy atom. The first kappa shape index (κ1) is 10.9. The Kier molecular flexibility index (Phi) is 2.81. The molecule has 4 nitrogen and oxygen atoms in total. The zero-order chi connectivity index (χ0) is 11.7. The molecule has 0 bridgehead atoms. The summed E-state index contributed by atoms with van der Waals surface area (Å²) in [6.07, 6.45) is 2.28. The van der Waals surface area contributed by atoms with Crippen molar-refractivity contribution < 1.29 is 18.7 Å². The molecule has 86 valence electrons. The number of furan rings is 1. The smallest absolute Gasteiger partial charge is 0.313 e. The maximum Gasteiger partial charge on any atom is 0.313 e. The fourth-order valence-corrected chi connectivity index (χ4v) is 2.07. The molecule has 1 aromatic heterocycles. The van der Waals surface area contributed by atoms with Crippen LogP contribution in [0.2, 0.25) is 0 Å². The number of carbonyl (C=O) groups is 2. The van der Waals surface area contributed by atoms with Crippen molar-refractivity contribution in [2.24, 2.45) is 0 Å². The number of ketones is 1. The third-order valence-corrected chi connectivity index (χ3v) is 2.94. The second-order valence-corrected chi connectivity index (χ2v) is 3.98. The van der Waals surface area contributed by atoms with Gasteiger partial charge < -0.3 is 9.15 Å². The van der Waals surface area contributed by atoms with Gasteiger partial charge in [0.1, 0.15) is 17.9 Å². The summed E-state index contributed by atoms with van der Waals surface area (Å²) in [6.45, 7) is 1.82. The van der Waals surface area contributed by atoms with Gasteiger partial charge in [-0.05, 0) is 13.3 Å². The van der Waals surface area contributed by atoms with Crippen molar-refractivity contribution in [2.45, 2.75) is 32.6 Å². The van der Waals surface area contributed by atoms with Crippen LogP contribution in [0, 0.1) is 6.92 Å². The summed E-state index contributed by atoms with van der Waals surface area (Å²) in [7, 11) is 1.34. The first-order valence-corrected chi connectivity index (χ1v) is 5.34. The molecule has 0 spiro atoms. The zero-order valence-corrected chi connectivity index (χ0v) is 9.46. The van der Waals surface area contributed by atoms with Crippen LogP contribution in [0.3, 0.4) is 0 Å². The zero-order valence-electron chi connectivity index (χ0n) is 9.46. The van der Waals surface area contributed by atoms with E-state index < -0.39 is 0 Å². The normalized spacial score (nSPS) is 14.8. The lowest BCUT2D eigenvalue weighted by molar-refractivity contribution is -0.140. The van der Waals surface area contributed by atoms with Gasteiger partial charge in [-0.1, -0.05) is 0 Å². The van der Waals surface area contributed by atoms with E-state index in [0.29, 0.717) is 17.7 Å². The Bertz CT molecular complexity index is 442. The van der Waals surface area contributed by atoms with E-state index in [-0.39, 0.29) is 18.2 Å². The fourth-order valence-electron chi connectivity index (χ4n) is 2.07. The van der Waals surface area contributed by atoms with Crippen LogP contribution in [0.15, 0.2) is 4.42 Å². The standard InChI is InChI=1S/C12H14O4/c1-7-10(6-11(14)15-2)16-9-5-3-4-8(13)12(7)9/h3-6H2,1-2H3. The highest BCUT2D eigenvalue weighted by atomic mass is 16.5. The van der Waals surface area contributed by atoms with Crippen molar-refractivity contribution in [3.05, 3.63) is 22.6 Å². The molecule has 1 heterocycles. The van der Waals surface area contributed by atoms with Crippen LogP contribution in [-0.2, 0) is 22.4 Å². The van der Waals surface area contributed by atoms with Crippen LogP contribution in [0.5, 0.6) is 0 Å². The van der Waals surface area contributed by atoms with Gasteiger partial charge in [0, 0.05) is 18.4 Å². The fraction of sp³-hybridized carbons (Fsp3) is 0.500. The van der Waals surface area contributed by atoms with E-state index in [0.717, 1.165) is 24.2 Å². The van der Waals surface area contributed by atoms with Crippen molar-refractivity contribution in [2.75, 3.05) is 7.11 Å². The largest absolute Gasteiger partial charge is 0.469 e. The molecule has 4 heteroatoms. The Morgan fingerprint density at radius 3 is 2.81 bits per heavy atom. The average Bonchev–Trinajstić information content (AvgIpc) is 2.57. The highest BCUT2D eigenvalue weighted by molar-refractivity contribution is 5.99. The first-order chi connectivity index (χ1) is 7.63.